The van der Waals surface area contributed by atoms with Gasteiger partial charge in [-0.3, -0.25) is 0 Å². The number of carbonyl (C=O) groups is 1. The molecule has 2 aliphatic heterocycles. The number of likely N-dealkylation sites (N-methyl/N-ethyl adjacent to an activating group) is 1. The first-order chi connectivity index (χ1) is 10.8. The molecule has 1 aromatic rings. The van der Waals surface area contributed by atoms with Gasteiger partial charge in [0.1, 0.15) is 24.1 Å². The normalized spacial score (nSPS) is 24.8. The third-order valence-electron chi connectivity index (χ3n) is 4.36. The van der Waals surface area contributed by atoms with Gasteiger partial charge in [-0.2, -0.15) is 5.26 Å². The number of hydrogen-bond acceptors (Lipinski definition) is 6. The number of aliphatic hydroxyl groups is 1. The van der Waals surface area contributed by atoms with Gasteiger partial charge in [0.05, 0.1) is 23.4 Å². The molecule has 0 unspecified atom stereocenters. The summed E-state index contributed by atoms with van der Waals surface area (Å²) in [4.78, 5) is 13.2. The molecule has 6 nitrogen and oxygen atoms in total. The van der Waals surface area contributed by atoms with Crippen LogP contribution in [0.3, 0.4) is 0 Å². The van der Waals surface area contributed by atoms with Crippen LogP contribution in [0.5, 0.6) is 5.75 Å². The van der Waals surface area contributed by atoms with Crippen LogP contribution in [0.15, 0.2) is 30.0 Å². The lowest BCUT2D eigenvalue weighted by molar-refractivity contribution is -0.135. The number of hydrogen-bond donors (Lipinski definition) is 1. The fourth-order valence-electron chi connectivity index (χ4n) is 3.00. The number of fused-ring (bicyclic) bond motifs is 1. The van der Waals surface area contributed by atoms with E-state index in [-0.39, 0.29) is 6.61 Å². The maximum absolute atomic E-state index is 11.3. The van der Waals surface area contributed by atoms with E-state index in [1.54, 1.807) is 25.2 Å². The van der Waals surface area contributed by atoms with Gasteiger partial charge in [0, 0.05) is 18.7 Å². The molecule has 0 saturated heterocycles. The molecule has 6 heteroatoms. The monoisotopic (exact) mass is 314 g/mol. The molecule has 0 aliphatic carbocycles. The summed E-state index contributed by atoms with van der Waals surface area (Å²) >= 11 is 0. The van der Waals surface area contributed by atoms with Crippen molar-refractivity contribution in [3.63, 3.8) is 0 Å². The molecule has 0 bridgehead atoms. The van der Waals surface area contributed by atoms with E-state index in [0.29, 0.717) is 17.0 Å². The highest BCUT2D eigenvalue weighted by atomic mass is 16.5. The minimum atomic E-state index is -0.842. The maximum atomic E-state index is 11.3. The lowest BCUT2D eigenvalue weighted by Gasteiger charge is -2.46. The van der Waals surface area contributed by atoms with Crippen molar-refractivity contribution in [2.24, 2.45) is 0 Å². The number of carbonyl (C=O) groups excluding carboxylic acids is 1. The fraction of sp³-hybridized carbons (Fsp3) is 0.412. The van der Waals surface area contributed by atoms with Gasteiger partial charge in [0.2, 0.25) is 0 Å². The molecule has 23 heavy (non-hydrogen) atoms. The van der Waals surface area contributed by atoms with Crippen molar-refractivity contribution in [1.82, 2.24) is 4.90 Å². The molecule has 0 fully saturated rings. The summed E-state index contributed by atoms with van der Waals surface area (Å²) in [7, 11) is 1.80. The standard InChI is InChI=1S/C17H18N2O4/c1-17(2)16(21)15(19(3)11-7-14(20)22-9-11)12-6-10(8-18)4-5-13(12)23-17/h4-7,15-16,21H,9H2,1-3H3/t15-,16+/m1/s1. The van der Waals surface area contributed by atoms with Gasteiger partial charge in [-0.25, -0.2) is 4.79 Å². The largest absolute Gasteiger partial charge is 0.485 e. The first-order valence-electron chi connectivity index (χ1n) is 7.35. The Hall–Kier alpha value is -2.52. The van der Waals surface area contributed by atoms with Gasteiger partial charge < -0.3 is 19.5 Å². The molecule has 0 aromatic heterocycles. The first kappa shape index (κ1) is 15.4. The fourth-order valence-corrected chi connectivity index (χ4v) is 3.00. The lowest BCUT2D eigenvalue weighted by Crippen LogP contribution is -2.52. The molecule has 3 rings (SSSR count). The summed E-state index contributed by atoms with van der Waals surface area (Å²) in [6.07, 6.45) is 0.578. The molecule has 1 N–H and O–H groups in total. The third-order valence-corrected chi connectivity index (χ3v) is 4.36. The minimum absolute atomic E-state index is 0.174. The smallest absolute Gasteiger partial charge is 0.333 e. The summed E-state index contributed by atoms with van der Waals surface area (Å²) in [5.41, 5.74) is 1.10. The average molecular weight is 314 g/mol. The molecule has 2 heterocycles. The highest BCUT2D eigenvalue weighted by molar-refractivity contribution is 5.85. The van der Waals surface area contributed by atoms with Crippen molar-refractivity contribution in [2.45, 2.75) is 31.6 Å². The molecule has 2 atom stereocenters. The number of nitrogens with zero attached hydrogens (tertiary/aromatic N) is 2. The zero-order valence-corrected chi connectivity index (χ0v) is 13.2. The molecule has 0 amide bonds. The van der Waals surface area contributed by atoms with E-state index in [2.05, 4.69) is 6.07 Å². The number of cyclic esters (lactones) is 1. The molecular formula is C17H18N2O4. The lowest BCUT2D eigenvalue weighted by atomic mass is 9.85. The summed E-state index contributed by atoms with van der Waals surface area (Å²) in [5, 5.41) is 19.9. The quantitative estimate of drug-likeness (QED) is 0.833. The highest BCUT2D eigenvalue weighted by Crippen LogP contribution is 2.44. The molecule has 2 aliphatic rings. The molecule has 0 saturated carbocycles. The summed E-state index contributed by atoms with van der Waals surface area (Å²) < 4.78 is 10.9. The highest BCUT2D eigenvalue weighted by Gasteiger charge is 2.45. The van der Waals surface area contributed by atoms with Gasteiger partial charge in [-0.05, 0) is 32.0 Å². The van der Waals surface area contributed by atoms with E-state index >= 15 is 0 Å². The van der Waals surface area contributed by atoms with Gasteiger partial charge in [0.15, 0.2) is 0 Å². The summed E-state index contributed by atoms with van der Waals surface area (Å²) in [5.74, 6) is 0.237. The van der Waals surface area contributed by atoms with E-state index in [4.69, 9.17) is 14.7 Å². The Morgan fingerprint density at radius 3 is 2.78 bits per heavy atom. The van der Waals surface area contributed by atoms with E-state index in [1.165, 1.54) is 6.08 Å². The van der Waals surface area contributed by atoms with Gasteiger partial charge >= 0.3 is 5.97 Å². The van der Waals surface area contributed by atoms with Crippen LogP contribution >= 0.6 is 0 Å². The Morgan fingerprint density at radius 1 is 1.43 bits per heavy atom. The van der Waals surface area contributed by atoms with Crippen LogP contribution < -0.4 is 4.74 Å². The number of benzene rings is 1. The van der Waals surface area contributed by atoms with Crippen molar-refractivity contribution in [2.75, 3.05) is 13.7 Å². The number of aliphatic hydroxyl groups excluding tert-OH is 1. The van der Waals surface area contributed by atoms with E-state index in [1.807, 2.05) is 18.7 Å². The van der Waals surface area contributed by atoms with Crippen LogP contribution in [0.25, 0.3) is 0 Å². The van der Waals surface area contributed by atoms with Crippen LogP contribution in [0.2, 0.25) is 0 Å². The third kappa shape index (κ3) is 2.53. The second kappa shape index (κ2) is 5.28. The average Bonchev–Trinajstić information content (AvgIpc) is 2.94. The predicted molar refractivity (Wildman–Crippen MR) is 81.4 cm³/mol. The van der Waals surface area contributed by atoms with Crippen molar-refractivity contribution in [1.29, 1.82) is 5.26 Å². The van der Waals surface area contributed by atoms with E-state index in [9.17, 15) is 9.90 Å². The maximum Gasteiger partial charge on any atom is 0.333 e. The first-order valence-corrected chi connectivity index (χ1v) is 7.35. The second-order valence-corrected chi connectivity index (χ2v) is 6.31. The predicted octanol–water partition coefficient (Wildman–Crippen LogP) is 1.50. The summed E-state index contributed by atoms with van der Waals surface area (Å²) in [6.45, 7) is 3.79. The van der Waals surface area contributed by atoms with Gasteiger partial charge in [-0.1, -0.05) is 0 Å². The minimum Gasteiger partial charge on any atom is -0.485 e. The Labute approximate surface area is 134 Å². The Morgan fingerprint density at radius 2 is 2.17 bits per heavy atom. The van der Waals surface area contributed by atoms with Gasteiger partial charge in [-0.15, -0.1) is 0 Å². The number of esters is 1. The van der Waals surface area contributed by atoms with Crippen LogP contribution in [-0.4, -0.2) is 41.3 Å². The number of nitriles is 1. The van der Waals surface area contributed by atoms with E-state index in [0.717, 1.165) is 5.56 Å². The van der Waals surface area contributed by atoms with Gasteiger partial charge in [0.25, 0.3) is 0 Å². The van der Waals surface area contributed by atoms with Crippen molar-refractivity contribution >= 4 is 5.97 Å². The molecular weight excluding hydrogens is 296 g/mol. The Bertz CT molecular complexity index is 733. The molecule has 0 radical (unpaired) electrons. The molecule has 1 aromatic carbocycles. The van der Waals surface area contributed by atoms with E-state index < -0.39 is 23.7 Å². The Balaban J connectivity index is 2.09. The van der Waals surface area contributed by atoms with Crippen molar-refractivity contribution < 1.29 is 19.4 Å². The molecule has 120 valence electrons. The Kier molecular flexibility index (Phi) is 3.53. The van der Waals surface area contributed by atoms with Crippen LogP contribution in [-0.2, 0) is 9.53 Å². The zero-order chi connectivity index (χ0) is 16.8. The number of ether oxygens (including phenoxy) is 2. The summed E-state index contributed by atoms with van der Waals surface area (Å²) in [6, 6.07) is 6.80. The zero-order valence-electron chi connectivity index (χ0n) is 13.2. The number of rotatable bonds is 2. The van der Waals surface area contributed by atoms with Crippen molar-refractivity contribution in [3.8, 4) is 11.8 Å². The van der Waals surface area contributed by atoms with Crippen molar-refractivity contribution in [3.05, 3.63) is 41.1 Å². The van der Waals surface area contributed by atoms with Crippen LogP contribution in [0, 0.1) is 11.3 Å². The second-order valence-electron chi connectivity index (χ2n) is 6.31. The SMILES string of the molecule is CN(C1=CC(=O)OC1)[C@@H]1c2cc(C#N)ccc2OC(C)(C)[C@H]1O. The van der Waals surface area contributed by atoms with Crippen LogP contribution in [0.4, 0.5) is 0 Å². The topological polar surface area (TPSA) is 82.8 Å². The van der Waals surface area contributed by atoms with Crippen LogP contribution in [0.1, 0.15) is 31.0 Å². The molecule has 0 spiro atoms.